The van der Waals surface area contributed by atoms with Crippen LogP contribution in [-0.2, 0) is 0 Å². The van der Waals surface area contributed by atoms with Gasteiger partial charge < -0.3 is 11.5 Å². The Morgan fingerprint density at radius 2 is 2.44 bits per heavy atom. The summed E-state index contributed by atoms with van der Waals surface area (Å²) < 4.78 is 0. The van der Waals surface area contributed by atoms with E-state index in [0.29, 0.717) is 5.84 Å². The van der Waals surface area contributed by atoms with Crippen LogP contribution in [0, 0.1) is 0 Å². The van der Waals surface area contributed by atoms with Gasteiger partial charge in [0.1, 0.15) is 5.84 Å². The van der Waals surface area contributed by atoms with E-state index in [2.05, 4.69) is 10.5 Å². The number of hydrogen-bond acceptors (Lipinski definition) is 4. The van der Waals surface area contributed by atoms with Gasteiger partial charge in [-0.15, -0.1) is 0 Å². The van der Waals surface area contributed by atoms with Crippen molar-refractivity contribution in [3.8, 4) is 0 Å². The third kappa shape index (κ3) is 1.02. The molecule has 4 heteroatoms. The first-order chi connectivity index (χ1) is 4.13. The lowest BCUT2D eigenvalue weighted by Crippen LogP contribution is -2.50. The first-order valence-electron chi connectivity index (χ1n) is 2.69. The van der Waals surface area contributed by atoms with Crippen molar-refractivity contribution in [2.45, 2.75) is 12.5 Å². The Kier molecular flexibility index (Phi) is 1.17. The molecule has 0 aliphatic carbocycles. The van der Waals surface area contributed by atoms with Crippen molar-refractivity contribution < 1.29 is 0 Å². The lowest BCUT2D eigenvalue weighted by Gasteiger charge is -2.21. The molecule has 0 spiro atoms. The van der Waals surface area contributed by atoms with Crippen LogP contribution >= 0.6 is 0 Å². The molecule has 1 aliphatic heterocycles. The zero-order chi connectivity index (χ0) is 6.91. The Labute approximate surface area is 53.6 Å². The van der Waals surface area contributed by atoms with Gasteiger partial charge in [0.2, 0.25) is 0 Å². The number of hydrogen-bond donors (Lipinski definition) is 3. The van der Waals surface area contributed by atoms with Crippen LogP contribution < -0.4 is 16.9 Å². The van der Waals surface area contributed by atoms with Gasteiger partial charge in [0.15, 0.2) is 0 Å². The summed E-state index contributed by atoms with van der Waals surface area (Å²) in [6.45, 7) is 1.79. The van der Waals surface area contributed by atoms with Crippen LogP contribution in [0.25, 0.3) is 0 Å². The van der Waals surface area contributed by atoms with Gasteiger partial charge in [-0.3, -0.25) is 5.43 Å². The molecule has 0 aromatic rings. The normalized spacial score (nSPS) is 33.3. The predicted molar refractivity (Wildman–Crippen MR) is 36.5 cm³/mol. The lowest BCUT2D eigenvalue weighted by atomic mass is 10.0. The van der Waals surface area contributed by atoms with Crippen molar-refractivity contribution in [2.75, 3.05) is 0 Å². The largest absolute Gasteiger partial charge is 0.384 e. The Morgan fingerprint density at radius 3 is 2.78 bits per heavy atom. The van der Waals surface area contributed by atoms with E-state index in [-0.39, 0.29) is 0 Å². The molecule has 1 aliphatic rings. The van der Waals surface area contributed by atoms with Gasteiger partial charge in [-0.25, -0.2) is 0 Å². The average molecular weight is 126 g/mol. The van der Waals surface area contributed by atoms with Crippen molar-refractivity contribution in [1.29, 1.82) is 0 Å². The van der Waals surface area contributed by atoms with E-state index in [1.54, 1.807) is 19.2 Å². The fourth-order valence-corrected chi connectivity index (χ4v) is 0.523. The second-order valence-corrected chi connectivity index (χ2v) is 2.24. The second kappa shape index (κ2) is 1.73. The summed E-state index contributed by atoms with van der Waals surface area (Å²) in [6, 6.07) is 0. The Hall–Kier alpha value is -1.03. The third-order valence-electron chi connectivity index (χ3n) is 1.24. The number of nitrogens with two attached hydrogens (primary N) is 2. The van der Waals surface area contributed by atoms with Crippen LogP contribution in [0.15, 0.2) is 17.4 Å². The van der Waals surface area contributed by atoms with Crippen molar-refractivity contribution >= 4 is 5.84 Å². The number of rotatable bonds is 0. The fraction of sp³-hybridized carbons (Fsp3) is 0.400. The number of amidine groups is 1. The topological polar surface area (TPSA) is 76.4 Å². The van der Waals surface area contributed by atoms with E-state index >= 15 is 0 Å². The SMILES string of the molecule is CC1(N)C=CNN=C1N. The monoisotopic (exact) mass is 126 g/mol. The van der Waals surface area contributed by atoms with Crippen LogP contribution in [0.1, 0.15) is 6.92 Å². The zero-order valence-electron chi connectivity index (χ0n) is 5.26. The zero-order valence-corrected chi connectivity index (χ0v) is 5.26. The smallest absolute Gasteiger partial charge is 0.143 e. The molecule has 0 saturated heterocycles. The molecule has 9 heavy (non-hydrogen) atoms. The predicted octanol–water partition coefficient (Wildman–Crippen LogP) is -0.907. The number of hydrazone groups is 1. The van der Waals surface area contributed by atoms with Gasteiger partial charge in [0.05, 0.1) is 5.54 Å². The molecule has 1 heterocycles. The van der Waals surface area contributed by atoms with Crippen molar-refractivity contribution in [3.63, 3.8) is 0 Å². The average Bonchev–Trinajstić information content (AvgIpc) is 1.77. The van der Waals surface area contributed by atoms with E-state index in [0.717, 1.165) is 0 Å². The van der Waals surface area contributed by atoms with Crippen LogP contribution in [0.2, 0.25) is 0 Å². The van der Waals surface area contributed by atoms with Gasteiger partial charge in [-0.05, 0) is 13.0 Å². The first kappa shape index (κ1) is 6.10. The quantitative estimate of drug-likeness (QED) is 0.393. The van der Waals surface area contributed by atoms with E-state index in [1.165, 1.54) is 0 Å². The maximum absolute atomic E-state index is 5.64. The van der Waals surface area contributed by atoms with Crippen LogP contribution in [0.3, 0.4) is 0 Å². The highest BCUT2D eigenvalue weighted by molar-refractivity contribution is 5.91. The Bertz CT molecular complexity index is 168. The van der Waals surface area contributed by atoms with E-state index in [4.69, 9.17) is 11.5 Å². The molecule has 1 rings (SSSR count). The molecule has 1 unspecified atom stereocenters. The molecule has 0 radical (unpaired) electrons. The maximum Gasteiger partial charge on any atom is 0.143 e. The summed E-state index contributed by atoms with van der Waals surface area (Å²) in [7, 11) is 0. The molecule has 5 N–H and O–H groups in total. The van der Waals surface area contributed by atoms with Crippen molar-refractivity contribution in [2.24, 2.45) is 16.6 Å². The summed E-state index contributed by atoms with van der Waals surface area (Å²) in [5, 5.41) is 3.72. The molecule has 0 aromatic carbocycles. The second-order valence-electron chi connectivity index (χ2n) is 2.24. The van der Waals surface area contributed by atoms with Crippen molar-refractivity contribution in [3.05, 3.63) is 12.3 Å². The Morgan fingerprint density at radius 1 is 1.78 bits per heavy atom. The molecule has 0 bridgehead atoms. The van der Waals surface area contributed by atoms with Crippen LogP contribution in [0.4, 0.5) is 0 Å². The maximum atomic E-state index is 5.64. The standard InChI is InChI=1S/C5H10N4/c1-5(7)2-3-8-9-4(5)6/h2-3,8H,7H2,1H3,(H2,6,9). The molecule has 4 nitrogen and oxygen atoms in total. The lowest BCUT2D eigenvalue weighted by molar-refractivity contribution is 0.724. The summed E-state index contributed by atoms with van der Waals surface area (Å²) in [5.74, 6) is 0.407. The first-order valence-corrected chi connectivity index (χ1v) is 2.69. The van der Waals surface area contributed by atoms with Crippen LogP contribution in [-0.4, -0.2) is 11.4 Å². The third-order valence-corrected chi connectivity index (χ3v) is 1.24. The highest BCUT2D eigenvalue weighted by Crippen LogP contribution is 2.02. The van der Waals surface area contributed by atoms with Gasteiger partial charge in [0.25, 0.3) is 0 Å². The number of nitrogens with one attached hydrogen (secondary N) is 1. The highest BCUT2D eigenvalue weighted by atomic mass is 15.3. The van der Waals surface area contributed by atoms with Gasteiger partial charge in [-0.2, -0.15) is 5.10 Å². The minimum atomic E-state index is -0.578. The molecule has 0 aromatic heterocycles. The van der Waals surface area contributed by atoms with Gasteiger partial charge in [0, 0.05) is 6.20 Å². The van der Waals surface area contributed by atoms with E-state index in [1.807, 2.05) is 0 Å². The van der Waals surface area contributed by atoms with E-state index < -0.39 is 5.54 Å². The highest BCUT2D eigenvalue weighted by Gasteiger charge is 2.21. The summed E-state index contributed by atoms with van der Waals surface area (Å²) in [4.78, 5) is 0. The molecule has 0 saturated carbocycles. The summed E-state index contributed by atoms with van der Waals surface area (Å²) >= 11 is 0. The molecule has 50 valence electrons. The summed E-state index contributed by atoms with van der Waals surface area (Å²) in [6.07, 6.45) is 3.42. The van der Waals surface area contributed by atoms with Gasteiger partial charge >= 0.3 is 0 Å². The molecule has 1 atom stereocenters. The van der Waals surface area contributed by atoms with Gasteiger partial charge in [-0.1, -0.05) is 0 Å². The van der Waals surface area contributed by atoms with Crippen LogP contribution in [0.5, 0.6) is 0 Å². The molecule has 0 fully saturated rings. The van der Waals surface area contributed by atoms with E-state index in [9.17, 15) is 0 Å². The minimum Gasteiger partial charge on any atom is -0.384 e. The number of nitrogens with zero attached hydrogens (tertiary/aromatic N) is 1. The summed E-state index contributed by atoms with van der Waals surface area (Å²) in [5.41, 5.74) is 13.1. The molecule has 0 amide bonds. The Balaban J connectivity index is 2.83. The minimum absolute atomic E-state index is 0.407. The fourth-order valence-electron chi connectivity index (χ4n) is 0.523. The molecular weight excluding hydrogens is 116 g/mol. The molecular formula is C5H10N4. The van der Waals surface area contributed by atoms with Crippen molar-refractivity contribution in [1.82, 2.24) is 5.43 Å².